The van der Waals surface area contributed by atoms with Gasteiger partial charge in [-0.25, -0.2) is 13.6 Å². The number of benzene rings is 3. The quantitative estimate of drug-likeness (QED) is 0.170. The summed E-state index contributed by atoms with van der Waals surface area (Å²) in [6.45, 7) is 6.24. The smallest absolute Gasteiger partial charge is 0.404 e. The lowest BCUT2D eigenvalue weighted by atomic mass is 9.72. The molecule has 0 saturated heterocycles. The molecule has 0 aliphatic heterocycles. The largest absolute Gasteiger partial charge is 0.496 e. The zero-order chi connectivity index (χ0) is 34.0. The number of nitrogens with one attached hydrogen (secondary N) is 1. The third-order valence-corrected chi connectivity index (χ3v) is 11.5. The number of hydrogen-bond acceptors (Lipinski definition) is 5. The Morgan fingerprint density at radius 3 is 2.26 bits per heavy atom. The Morgan fingerprint density at radius 2 is 1.68 bits per heavy atom. The van der Waals surface area contributed by atoms with Crippen LogP contribution in [0.5, 0.6) is 5.75 Å². The number of rotatable bonds is 9. The predicted octanol–water partition coefficient (Wildman–Crippen LogP) is 10.1. The molecule has 2 N–H and O–H groups in total. The van der Waals surface area contributed by atoms with Gasteiger partial charge >= 0.3 is 6.09 Å². The van der Waals surface area contributed by atoms with Crippen LogP contribution in [-0.4, -0.2) is 47.5 Å². The first-order chi connectivity index (χ1) is 22.3. The summed E-state index contributed by atoms with van der Waals surface area (Å²) in [5, 5.41) is 12.1. The minimum absolute atomic E-state index is 0.00281. The fraction of sp³-hybridized carbons (Fsp3) is 0.389. The first kappa shape index (κ1) is 35.0. The fourth-order valence-electron chi connectivity index (χ4n) is 6.70. The van der Waals surface area contributed by atoms with Crippen LogP contribution < -0.4 is 10.1 Å². The summed E-state index contributed by atoms with van der Waals surface area (Å²) >= 11 is 9.15. The average molecular weight is 701 g/mol. The van der Waals surface area contributed by atoms with E-state index in [0.717, 1.165) is 45.1 Å². The number of carbonyl (C=O) groups is 2. The van der Waals surface area contributed by atoms with Crippen LogP contribution in [0.25, 0.3) is 21.2 Å². The van der Waals surface area contributed by atoms with Crippen molar-refractivity contribution in [3.05, 3.63) is 81.7 Å². The zero-order valence-corrected chi connectivity index (χ0v) is 29.4. The number of halogens is 3. The van der Waals surface area contributed by atoms with Crippen molar-refractivity contribution in [1.29, 1.82) is 0 Å². The SMILES string of the molecule is COc1ccc(-c2ccc(SC)cc2)cc1CN(C(=O)c1sc2c(F)ccc(F)c2c1Cl)C1CCC(C(NC(=O)O)C(C)(C)C)CC1. The van der Waals surface area contributed by atoms with E-state index in [4.69, 9.17) is 16.3 Å². The van der Waals surface area contributed by atoms with Crippen molar-refractivity contribution in [3.8, 4) is 16.9 Å². The second-order valence-corrected chi connectivity index (χ2v) is 15.3. The third kappa shape index (κ3) is 7.55. The van der Waals surface area contributed by atoms with Gasteiger partial charge in [-0.2, -0.15) is 0 Å². The van der Waals surface area contributed by atoms with Crippen molar-refractivity contribution >= 4 is 56.8 Å². The van der Waals surface area contributed by atoms with Gasteiger partial charge in [-0.1, -0.05) is 50.6 Å². The molecule has 1 aliphatic carbocycles. The number of carbonyl (C=O) groups excluding carboxylic acids is 1. The van der Waals surface area contributed by atoms with Crippen molar-refractivity contribution in [3.63, 3.8) is 0 Å². The van der Waals surface area contributed by atoms with Crippen LogP contribution in [0.2, 0.25) is 5.02 Å². The molecule has 1 atom stereocenters. The number of hydrogen-bond donors (Lipinski definition) is 2. The molecule has 0 spiro atoms. The molecule has 0 radical (unpaired) electrons. The van der Waals surface area contributed by atoms with Crippen LogP contribution in [0.3, 0.4) is 0 Å². The maximum atomic E-state index is 14.8. The van der Waals surface area contributed by atoms with Crippen LogP contribution in [0.1, 0.15) is 61.7 Å². The summed E-state index contributed by atoms with van der Waals surface area (Å²) in [7, 11) is 1.58. The molecular formula is C36H39ClF2N2O4S2. The molecule has 1 aromatic heterocycles. The number of amides is 2. The topological polar surface area (TPSA) is 78.9 Å². The minimum atomic E-state index is -1.06. The van der Waals surface area contributed by atoms with E-state index >= 15 is 0 Å². The molecule has 1 unspecified atom stereocenters. The Labute approximate surface area is 287 Å². The first-order valence-corrected chi connectivity index (χ1v) is 17.9. The monoisotopic (exact) mass is 700 g/mol. The Hall–Kier alpha value is -3.34. The second-order valence-electron chi connectivity index (χ2n) is 13.0. The van der Waals surface area contributed by atoms with Gasteiger partial charge in [0.25, 0.3) is 5.91 Å². The van der Waals surface area contributed by atoms with E-state index in [1.807, 2.05) is 45.2 Å². The fourth-order valence-corrected chi connectivity index (χ4v) is 8.62. The summed E-state index contributed by atoms with van der Waals surface area (Å²) in [6, 6.07) is 15.7. The maximum Gasteiger partial charge on any atom is 0.404 e. The van der Waals surface area contributed by atoms with Gasteiger partial charge in [-0.15, -0.1) is 23.1 Å². The van der Waals surface area contributed by atoms with Gasteiger partial charge in [0.2, 0.25) is 0 Å². The van der Waals surface area contributed by atoms with Crippen molar-refractivity contribution in [2.24, 2.45) is 11.3 Å². The van der Waals surface area contributed by atoms with Crippen molar-refractivity contribution in [2.45, 2.75) is 70.0 Å². The lowest BCUT2D eigenvalue weighted by Crippen LogP contribution is -2.50. The van der Waals surface area contributed by atoms with Crippen molar-refractivity contribution < 1.29 is 28.2 Å². The van der Waals surface area contributed by atoms with Gasteiger partial charge in [0, 0.05) is 29.1 Å². The molecule has 11 heteroatoms. The molecule has 0 bridgehead atoms. The van der Waals surface area contributed by atoms with Crippen LogP contribution in [0.4, 0.5) is 13.6 Å². The summed E-state index contributed by atoms with van der Waals surface area (Å²) in [5.41, 5.74) is 2.46. The third-order valence-electron chi connectivity index (χ3n) is 9.05. The van der Waals surface area contributed by atoms with E-state index in [0.29, 0.717) is 31.4 Å². The molecule has 5 rings (SSSR count). The van der Waals surface area contributed by atoms with Gasteiger partial charge in [-0.3, -0.25) is 4.79 Å². The number of methoxy groups -OCH3 is 1. The van der Waals surface area contributed by atoms with E-state index in [9.17, 15) is 23.5 Å². The van der Waals surface area contributed by atoms with Gasteiger partial charge in [0.05, 0.1) is 22.2 Å². The first-order valence-electron chi connectivity index (χ1n) is 15.5. The molecule has 1 fully saturated rings. The normalized spacial score (nSPS) is 17.4. The highest BCUT2D eigenvalue weighted by molar-refractivity contribution is 7.98. The number of carboxylic acid groups (broad SMARTS) is 1. The molecule has 250 valence electrons. The Kier molecular flexibility index (Phi) is 10.7. The molecular weight excluding hydrogens is 662 g/mol. The zero-order valence-electron chi connectivity index (χ0n) is 27.0. The van der Waals surface area contributed by atoms with Crippen LogP contribution in [0.15, 0.2) is 59.5 Å². The molecule has 47 heavy (non-hydrogen) atoms. The summed E-state index contributed by atoms with van der Waals surface area (Å²) < 4.78 is 35.4. The number of nitrogens with zero attached hydrogens (tertiary/aromatic N) is 1. The van der Waals surface area contributed by atoms with Gasteiger partial charge in [0.15, 0.2) is 0 Å². The molecule has 1 aliphatic rings. The van der Waals surface area contributed by atoms with E-state index in [1.165, 1.54) is 0 Å². The molecule has 1 saturated carbocycles. The number of thioether (sulfide) groups is 1. The maximum absolute atomic E-state index is 14.8. The van der Waals surface area contributed by atoms with E-state index < -0.39 is 23.6 Å². The van der Waals surface area contributed by atoms with E-state index in [2.05, 4.69) is 29.6 Å². The Morgan fingerprint density at radius 1 is 1.04 bits per heavy atom. The highest BCUT2D eigenvalue weighted by Gasteiger charge is 2.39. The average Bonchev–Trinajstić information content (AvgIpc) is 3.41. The van der Waals surface area contributed by atoms with Crippen molar-refractivity contribution in [2.75, 3.05) is 13.4 Å². The predicted molar refractivity (Wildman–Crippen MR) is 187 cm³/mol. The lowest BCUT2D eigenvalue weighted by Gasteiger charge is -2.43. The van der Waals surface area contributed by atoms with Crippen LogP contribution >= 0.6 is 34.7 Å². The standard InChI is InChI=1S/C36H39ClF2N2O4S2/c1-36(2,3)33(40-35(43)44)21-6-11-24(12-7-21)41(34(42)32-30(37)29-26(38)15-16-27(39)31(29)47-32)19-23-18-22(10-17-28(23)45-4)20-8-13-25(46-5)14-9-20/h8-10,13-18,21,24,33,40H,6-7,11-12,19H2,1-5H3,(H,43,44). The number of ether oxygens (including phenoxy) is 1. The van der Waals surface area contributed by atoms with E-state index in [1.54, 1.807) is 23.8 Å². The Bertz CT molecular complexity index is 1770. The van der Waals surface area contributed by atoms with E-state index in [-0.39, 0.29) is 49.9 Å². The number of thiophene rings is 1. The van der Waals surface area contributed by atoms with Crippen LogP contribution in [-0.2, 0) is 6.54 Å². The lowest BCUT2D eigenvalue weighted by molar-refractivity contribution is 0.0543. The summed E-state index contributed by atoms with van der Waals surface area (Å²) in [4.78, 5) is 29.1. The van der Waals surface area contributed by atoms with Gasteiger partial charge < -0.3 is 20.1 Å². The summed E-state index contributed by atoms with van der Waals surface area (Å²) in [5.74, 6) is -1.04. The number of fused-ring (bicyclic) bond motifs is 1. The minimum Gasteiger partial charge on any atom is -0.496 e. The highest BCUT2D eigenvalue weighted by atomic mass is 35.5. The molecule has 6 nitrogen and oxygen atoms in total. The second kappa shape index (κ2) is 14.4. The molecule has 4 aromatic rings. The van der Waals surface area contributed by atoms with Gasteiger partial charge in [-0.05, 0) is 90.8 Å². The highest BCUT2D eigenvalue weighted by Crippen LogP contribution is 2.42. The summed E-state index contributed by atoms with van der Waals surface area (Å²) in [6.07, 6.45) is 3.59. The van der Waals surface area contributed by atoms with Gasteiger partial charge in [0.1, 0.15) is 22.3 Å². The van der Waals surface area contributed by atoms with Crippen LogP contribution in [0, 0.1) is 23.0 Å². The molecule has 3 aromatic carbocycles. The Balaban J connectivity index is 1.52. The molecule has 1 heterocycles. The van der Waals surface area contributed by atoms with Crippen molar-refractivity contribution in [1.82, 2.24) is 10.2 Å². The molecule has 2 amide bonds.